The molecule has 1 aliphatic rings. The number of thiophene rings is 1. The minimum atomic E-state index is 0.0342. The molecule has 0 radical (unpaired) electrons. The molecule has 2 heterocycles. The van der Waals surface area contributed by atoms with E-state index in [4.69, 9.17) is 0 Å². The summed E-state index contributed by atoms with van der Waals surface area (Å²) in [5.41, 5.74) is 1.28. The van der Waals surface area contributed by atoms with E-state index >= 15 is 0 Å². The molecule has 3 nitrogen and oxygen atoms in total. The van der Waals surface area contributed by atoms with Crippen molar-refractivity contribution < 1.29 is 0 Å². The fourth-order valence-electron chi connectivity index (χ4n) is 2.11. The molecule has 0 spiro atoms. The molecule has 2 aromatic rings. The molecule has 4 heteroatoms. The molecule has 1 N–H and O–H groups in total. The highest BCUT2D eigenvalue weighted by atomic mass is 32.1. The summed E-state index contributed by atoms with van der Waals surface area (Å²) in [7, 11) is 0. The zero-order valence-corrected chi connectivity index (χ0v) is 8.70. The summed E-state index contributed by atoms with van der Waals surface area (Å²) in [4.78, 5) is 21.1. The fraction of sp³-hybridized carbons (Fsp3) is 0.400. The van der Waals surface area contributed by atoms with Gasteiger partial charge in [0.1, 0.15) is 10.7 Å². The van der Waals surface area contributed by atoms with Crippen LogP contribution in [0, 0.1) is 6.92 Å². The van der Waals surface area contributed by atoms with Gasteiger partial charge in [0, 0.05) is 4.88 Å². The maximum absolute atomic E-state index is 11.7. The summed E-state index contributed by atoms with van der Waals surface area (Å²) in [5, 5.41) is 0.841. The number of nitrogens with one attached hydrogen (secondary N) is 1. The van der Waals surface area contributed by atoms with Crippen molar-refractivity contribution in [2.24, 2.45) is 0 Å². The lowest BCUT2D eigenvalue weighted by molar-refractivity contribution is 0.916. The van der Waals surface area contributed by atoms with Gasteiger partial charge < -0.3 is 4.98 Å². The first-order valence-electron chi connectivity index (χ1n) is 4.77. The molecule has 0 saturated carbocycles. The van der Waals surface area contributed by atoms with E-state index in [1.165, 1.54) is 16.9 Å². The largest absolute Gasteiger partial charge is 0.310 e. The second-order valence-electron chi connectivity index (χ2n) is 3.69. The lowest BCUT2D eigenvalue weighted by atomic mass is 10.2. The number of aryl methyl sites for hydroxylation is 3. The van der Waals surface area contributed by atoms with Crippen molar-refractivity contribution in [1.29, 1.82) is 0 Å². The van der Waals surface area contributed by atoms with E-state index in [0.717, 1.165) is 23.1 Å². The molecule has 1 aliphatic carbocycles. The normalized spacial score (nSPS) is 14.9. The molecule has 0 atom stereocenters. The van der Waals surface area contributed by atoms with Crippen LogP contribution in [0.2, 0.25) is 0 Å². The maximum Gasteiger partial charge on any atom is 0.259 e. The van der Waals surface area contributed by atoms with Gasteiger partial charge in [0.25, 0.3) is 5.56 Å². The maximum atomic E-state index is 11.7. The summed E-state index contributed by atoms with van der Waals surface area (Å²) < 4.78 is 0. The summed E-state index contributed by atoms with van der Waals surface area (Å²) in [5.74, 6) is 0.711. The van der Waals surface area contributed by atoms with Gasteiger partial charge in [-0.3, -0.25) is 4.79 Å². The monoisotopic (exact) mass is 206 g/mol. The predicted molar refractivity (Wildman–Crippen MR) is 57.0 cm³/mol. The van der Waals surface area contributed by atoms with Crippen LogP contribution in [0.3, 0.4) is 0 Å². The molecule has 0 amide bonds. The van der Waals surface area contributed by atoms with Crippen LogP contribution in [-0.4, -0.2) is 9.97 Å². The summed E-state index contributed by atoms with van der Waals surface area (Å²) >= 11 is 1.68. The lowest BCUT2D eigenvalue weighted by Gasteiger charge is -1.94. The number of hydrogen-bond donors (Lipinski definition) is 1. The Bertz CT molecular complexity index is 567. The average Bonchev–Trinajstić information content (AvgIpc) is 2.60. The molecule has 0 aromatic carbocycles. The van der Waals surface area contributed by atoms with Gasteiger partial charge in [-0.1, -0.05) is 0 Å². The number of rotatable bonds is 0. The van der Waals surface area contributed by atoms with Crippen molar-refractivity contribution in [3.63, 3.8) is 0 Å². The molecule has 0 aliphatic heterocycles. The fourth-order valence-corrected chi connectivity index (χ4v) is 3.42. The van der Waals surface area contributed by atoms with Gasteiger partial charge in [-0.25, -0.2) is 4.98 Å². The third-order valence-corrected chi connectivity index (χ3v) is 3.88. The van der Waals surface area contributed by atoms with Gasteiger partial charge >= 0.3 is 0 Å². The standard InChI is InChI=1S/C10H10N2OS/c1-5-11-9(13)8-6-3-2-4-7(6)14-10(8)12-5/h2-4H2,1H3,(H,11,12,13). The Balaban J connectivity index is 2.50. The van der Waals surface area contributed by atoms with Crippen LogP contribution in [0.5, 0.6) is 0 Å². The Morgan fingerprint density at radius 1 is 1.43 bits per heavy atom. The van der Waals surface area contributed by atoms with E-state index in [1.807, 2.05) is 6.92 Å². The first-order valence-corrected chi connectivity index (χ1v) is 5.58. The minimum absolute atomic E-state index is 0.0342. The quantitative estimate of drug-likeness (QED) is 0.714. The Morgan fingerprint density at radius 3 is 3.14 bits per heavy atom. The van der Waals surface area contributed by atoms with Crippen LogP contribution in [0.15, 0.2) is 4.79 Å². The van der Waals surface area contributed by atoms with Gasteiger partial charge in [0.15, 0.2) is 0 Å². The summed E-state index contributed by atoms with van der Waals surface area (Å²) in [6.45, 7) is 1.83. The molecule has 0 saturated heterocycles. The number of hydrogen-bond acceptors (Lipinski definition) is 3. The number of H-pyrrole nitrogens is 1. The highest BCUT2D eigenvalue weighted by molar-refractivity contribution is 7.18. The summed E-state index contributed by atoms with van der Waals surface area (Å²) in [6.07, 6.45) is 3.35. The molecular weight excluding hydrogens is 196 g/mol. The van der Waals surface area contributed by atoms with E-state index in [0.29, 0.717) is 5.82 Å². The number of fused-ring (bicyclic) bond motifs is 3. The molecule has 0 unspecified atom stereocenters. The Kier molecular flexibility index (Phi) is 1.56. The zero-order valence-electron chi connectivity index (χ0n) is 7.89. The van der Waals surface area contributed by atoms with Gasteiger partial charge in [-0.05, 0) is 31.7 Å². The van der Waals surface area contributed by atoms with E-state index in [-0.39, 0.29) is 5.56 Å². The topological polar surface area (TPSA) is 45.8 Å². The van der Waals surface area contributed by atoms with Crippen LogP contribution in [0.4, 0.5) is 0 Å². The Morgan fingerprint density at radius 2 is 2.29 bits per heavy atom. The van der Waals surface area contributed by atoms with Gasteiger partial charge in [0.2, 0.25) is 0 Å². The Hall–Kier alpha value is -1.16. The third kappa shape index (κ3) is 0.973. The van der Waals surface area contributed by atoms with Gasteiger partial charge in [-0.15, -0.1) is 11.3 Å². The van der Waals surface area contributed by atoms with Crippen LogP contribution >= 0.6 is 11.3 Å². The highest BCUT2D eigenvalue weighted by Crippen LogP contribution is 2.34. The van der Waals surface area contributed by atoms with Crippen molar-refractivity contribution in [3.8, 4) is 0 Å². The van der Waals surface area contributed by atoms with Crippen molar-refractivity contribution >= 4 is 21.6 Å². The number of aromatic nitrogens is 2. The minimum Gasteiger partial charge on any atom is -0.310 e. The first kappa shape index (κ1) is 8.17. The molecule has 0 bridgehead atoms. The van der Waals surface area contributed by atoms with Crippen LogP contribution in [0.25, 0.3) is 10.2 Å². The van der Waals surface area contributed by atoms with Crippen molar-refractivity contribution in [2.45, 2.75) is 26.2 Å². The van der Waals surface area contributed by atoms with E-state index in [2.05, 4.69) is 9.97 Å². The van der Waals surface area contributed by atoms with Crippen molar-refractivity contribution in [3.05, 3.63) is 26.6 Å². The third-order valence-electron chi connectivity index (χ3n) is 2.69. The zero-order chi connectivity index (χ0) is 9.71. The molecule has 0 fully saturated rings. The average molecular weight is 206 g/mol. The molecule has 2 aromatic heterocycles. The molecular formula is C10H10N2OS. The van der Waals surface area contributed by atoms with Gasteiger partial charge in [0.05, 0.1) is 5.39 Å². The van der Waals surface area contributed by atoms with E-state index in [9.17, 15) is 4.79 Å². The highest BCUT2D eigenvalue weighted by Gasteiger charge is 2.20. The smallest absolute Gasteiger partial charge is 0.259 e. The SMILES string of the molecule is Cc1nc2sc3c(c2c(=O)[nH]1)CCC3. The molecule has 3 rings (SSSR count). The second kappa shape index (κ2) is 2.67. The molecule has 72 valence electrons. The van der Waals surface area contributed by atoms with Crippen molar-refractivity contribution in [1.82, 2.24) is 9.97 Å². The van der Waals surface area contributed by atoms with Crippen LogP contribution in [0.1, 0.15) is 22.7 Å². The van der Waals surface area contributed by atoms with Crippen LogP contribution in [-0.2, 0) is 12.8 Å². The summed E-state index contributed by atoms with van der Waals surface area (Å²) in [6, 6.07) is 0. The molecule has 14 heavy (non-hydrogen) atoms. The predicted octanol–water partition coefficient (Wildman–Crippen LogP) is 1.78. The number of aromatic amines is 1. The second-order valence-corrected chi connectivity index (χ2v) is 4.77. The van der Waals surface area contributed by atoms with E-state index < -0.39 is 0 Å². The van der Waals surface area contributed by atoms with Gasteiger partial charge in [-0.2, -0.15) is 0 Å². The van der Waals surface area contributed by atoms with Crippen molar-refractivity contribution in [2.75, 3.05) is 0 Å². The van der Waals surface area contributed by atoms with E-state index in [1.54, 1.807) is 11.3 Å². The first-order chi connectivity index (χ1) is 6.75. The number of nitrogens with zero attached hydrogens (tertiary/aromatic N) is 1. The lowest BCUT2D eigenvalue weighted by Crippen LogP contribution is -2.09. The Labute approximate surface area is 84.8 Å². The van der Waals surface area contributed by atoms with Crippen LogP contribution < -0.4 is 5.56 Å².